The summed E-state index contributed by atoms with van der Waals surface area (Å²) in [7, 11) is 0. The molecule has 0 saturated carbocycles. The van der Waals surface area contributed by atoms with Crippen molar-refractivity contribution >= 4 is 33.1 Å². The third kappa shape index (κ3) is 3.57. The minimum Gasteiger partial charge on any atom is -0.492 e. The number of nitrogens with one attached hydrogen (secondary N) is 1. The largest absolute Gasteiger partial charge is 0.492 e. The Kier molecular flexibility index (Phi) is 4.68. The van der Waals surface area contributed by atoms with Gasteiger partial charge in [0.2, 0.25) is 5.88 Å². The monoisotopic (exact) mass is 329 g/mol. The Bertz CT molecular complexity index is 819. The van der Waals surface area contributed by atoms with Crippen molar-refractivity contribution < 1.29 is 14.3 Å². The Hall–Kier alpha value is -2.67. The first kappa shape index (κ1) is 15.2. The molecule has 2 heterocycles. The summed E-state index contributed by atoms with van der Waals surface area (Å²) >= 11 is 1.50. The third-order valence-corrected chi connectivity index (χ3v) is 3.85. The van der Waals surface area contributed by atoms with Gasteiger partial charge >= 0.3 is 0 Å². The van der Waals surface area contributed by atoms with Crippen molar-refractivity contribution in [3.63, 3.8) is 0 Å². The number of hydrogen-bond donors (Lipinski definition) is 1. The first-order chi connectivity index (χ1) is 11.3. The molecule has 0 fully saturated rings. The van der Waals surface area contributed by atoms with E-state index >= 15 is 0 Å². The van der Waals surface area contributed by atoms with Gasteiger partial charge in [-0.3, -0.25) is 4.79 Å². The van der Waals surface area contributed by atoms with E-state index in [0.717, 1.165) is 10.2 Å². The summed E-state index contributed by atoms with van der Waals surface area (Å²) in [4.78, 5) is 21.1. The van der Waals surface area contributed by atoms with E-state index in [9.17, 15) is 4.79 Å². The molecule has 0 aliphatic carbocycles. The molecule has 3 rings (SSSR count). The molecule has 0 atom stereocenters. The number of carbonyl (C=O) groups is 1. The predicted molar refractivity (Wildman–Crippen MR) is 89.2 cm³/mol. The van der Waals surface area contributed by atoms with E-state index in [1.54, 1.807) is 12.1 Å². The van der Waals surface area contributed by atoms with E-state index in [1.807, 2.05) is 30.5 Å². The highest BCUT2D eigenvalue weighted by Crippen LogP contribution is 2.26. The highest BCUT2D eigenvalue weighted by Gasteiger charge is 2.11. The van der Waals surface area contributed by atoms with Gasteiger partial charge in [-0.05, 0) is 30.5 Å². The number of anilines is 1. The minimum atomic E-state index is -0.279. The van der Waals surface area contributed by atoms with Gasteiger partial charge in [0, 0.05) is 0 Å². The first-order valence-electron chi connectivity index (χ1n) is 7.10. The molecule has 2 aromatic heterocycles. The van der Waals surface area contributed by atoms with Gasteiger partial charge in [0.1, 0.15) is 16.9 Å². The Morgan fingerprint density at radius 2 is 2.09 bits per heavy atom. The average Bonchev–Trinajstić information content (AvgIpc) is 3.04. The van der Waals surface area contributed by atoms with Gasteiger partial charge < -0.3 is 14.8 Å². The van der Waals surface area contributed by atoms with Gasteiger partial charge in [-0.15, -0.1) is 11.3 Å². The fourth-order valence-corrected chi connectivity index (χ4v) is 2.78. The van der Waals surface area contributed by atoms with Crippen LogP contribution in [-0.4, -0.2) is 29.1 Å². The Morgan fingerprint density at radius 3 is 2.96 bits per heavy atom. The lowest BCUT2D eigenvalue weighted by Gasteiger charge is -2.11. The quantitative estimate of drug-likeness (QED) is 0.752. The Labute approximate surface area is 137 Å². The molecule has 1 amide bonds. The molecule has 0 saturated heterocycles. The van der Waals surface area contributed by atoms with Gasteiger partial charge in [-0.2, -0.15) is 0 Å². The van der Waals surface area contributed by atoms with E-state index in [2.05, 4.69) is 15.3 Å². The van der Waals surface area contributed by atoms with Crippen LogP contribution in [0.5, 0.6) is 11.6 Å². The molecule has 0 aliphatic heterocycles. The van der Waals surface area contributed by atoms with Crippen LogP contribution in [0.4, 0.5) is 5.69 Å². The molecule has 6 nitrogen and oxygen atoms in total. The van der Waals surface area contributed by atoms with Crippen molar-refractivity contribution in [2.75, 3.05) is 18.5 Å². The zero-order valence-electron chi connectivity index (χ0n) is 12.5. The van der Waals surface area contributed by atoms with Crippen LogP contribution in [0.3, 0.4) is 0 Å². The van der Waals surface area contributed by atoms with Crippen molar-refractivity contribution in [2.45, 2.75) is 6.92 Å². The first-order valence-corrected chi connectivity index (χ1v) is 7.98. The van der Waals surface area contributed by atoms with Crippen molar-refractivity contribution in [3.8, 4) is 11.6 Å². The van der Waals surface area contributed by atoms with Gasteiger partial charge in [0.05, 0.1) is 17.7 Å². The summed E-state index contributed by atoms with van der Waals surface area (Å²) < 4.78 is 11.0. The summed E-state index contributed by atoms with van der Waals surface area (Å²) in [6.07, 6.45) is 1.43. The second-order valence-electron chi connectivity index (χ2n) is 4.58. The van der Waals surface area contributed by atoms with Gasteiger partial charge in [-0.25, -0.2) is 9.97 Å². The standard InChI is InChI=1S/C16H15N3O3S/c1-2-21-13-6-4-3-5-12(13)19-14(20)9-22-15-11-7-8-23-16(11)18-10-17-15/h3-8,10H,2,9H2,1H3,(H,19,20). The number of hydrogen-bond acceptors (Lipinski definition) is 6. The molecule has 0 spiro atoms. The van der Waals surface area contributed by atoms with Crippen LogP contribution in [-0.2, 0) is 4.79 Å². The summed E-state index contributed by atoms with van der Waals surface area (Å²) in [5.74, 6) is 0.759. The lowest BCUT2D eigenvalue weighted by molar-refractivity contribution is -0.118. The van der Waals surface area contributed by atoms with Crippen LogP contribution in [0.1, 0.15) is 6.92 Å². The predicted octanol–water partition coefficient (Wildman–Crippen LogP) is 3.11. The highest BCUT2D eigenvalue weighted by molar-refractivity contribution is 7.16. The maximum Gasteiger partial charge on any atom is 0.262 e. The van der Waals surface area contributed by atoms with Crippen molar-refractivity contribution in [1.82, 2.24) is 9.97 Å². The van der Waals surface area contributed by atoms with Crippen LogP contribution in [0.25, 0.3) is 10.2 Å². The summed E-state index contributed by atoms with van der Waals surface area (Å²) in [5, 5.41) is 5.49. The van der Waals surface area contributed by atoms with E-state index < -0.39 is 0 Å². The van der Waals surface area contributed by atoms with E-state index in [4.69, 9.17) is 9.47 Å². The topological polar surface area (TPSA) is 73.3 Å². The second kappa shape index (κ2) is 7.06. The van der Waals surface area contributed by atoms with Crippen LogP contribution in [0.15, 0.2) is 42.0 Å². The maximum absolute atomic E-state index is 12.1. The number of rotatable bonds is 6. The normalized spacial score (nSPS) is 10.5. The summed E-state index contributed by atoms with van der Waals surface area (Å²) in [6, 6.07) is 9.14. The molecule has 0 aliphatic rings. The lowest BCUT2D eigenvalue weighted by atomic mass is 10.3. The minimum absolute atomic E-state index is 0.136. The van der Waals surface area contributed by atoms with Crippen LogP contribution in [0.2, 0.25) is 0 Å². The number of thiophene rings is 1. The van der Waals surface area contributed by atoms with E-state index in [1.165, 1.54) is 17.7 Å². The number of nitrogens with zero attached hydrogens (tertiary/aromatic N) is 2. The van der Waals surface area contributed by atoms with Gasteiger partial charge in [-0.1, -0.05) is 12.1 Å². The number of amides is 1. The Balaban J connectivity index is 1.65. The highest BCUT2D eigenvalue weighted by atomic mass is 32.1. The molecule has 118 valence electrons. The number of aromatic nitrogens is 2. The van der Waals surface area contributed by atoms with Crippen molar-refractivity contribution in [3.05, 3.63) is 42.0 Å². The molecule has 0 unspecified atom stereocenters. The zero-order chi connectivity index (χ0) is 16.1. The fraction of sp³-hybridized carbons (Fsp3) is 0.188. The average molecular weight is 329 g/mol. The van der Waals surface area contributed by atoms with Gasteiger partial charge in [0.15, 0.2) is 6.61 Å². The summed E-state index contributed by atoms with van der Waals surface area (Å²) in [6.45, 7) is 2.28. The van der Waals surface area contributed by atoms with E-state index in [0.29, 0.717) is 23.9 Å². The number of para-hydroxylation sites is 2. The van der Waals surface area contributed by atoms with Crippen molar-refractivity contribution in [1.29, 1.82) is 0 Å². The Morgan fingerprint density at radius 1 is 1.22 bits per heavy atom. The van der Waals surface area contributed by atoms with Crippen molar-refractivity contribution in [2.24, 2.45) is 0 Å². The molecule has 0 bridgehead atoms. The second-order valence-corrected chi connectivity index (χ2v) is 5.48. The number of benzene rings is 1. The molecule has 23 heavy (non-hydrogen) atoms. The van der Waals surface area contributed by atoms with Crippen LogP contribution in [0, 0.1) is 0 Å². The van der Waals surface area contributed by atoms with Crippen LogP contribution < -0.4 is 14.8 Å². The smallest absolute Gasteiger partial charge is 0.262 e. The SMILES string of the molecule is CCOc1ccccc1NC(=O)COc1ncnc2sccc12. The number of ether oxygens (including phenoxy) is 2. The molecular formula is C16H15N3O3S. The maximum atomic E-state index is 12.1. The lowest BCUT2D eigenvalue weighted by Crippen LogP contribution is -2.21. The summed E-state index contributed by atoms with van der Waals surface area (Å²) in [5.41, 5.74) is 0.617. The van der Waals surface area contributed by atoms with Crippen LogP contribution >= 0.6 is 11.3 Å². The fourth-order valence-electron chi connectivity index (χ4n) is 2.05. The number of fused-ring (bicyclic) bond motifs is 1. The molecular weight excluding hydrogens is 314 g/mol. The molecule has 0 radical (unpaired) electrons. The molecule has 1 N–H and O–H groups in total. The third-order valence-electron chi connectivity index (χ3n) is 3.03. The van der Waals surface area contributed by atoms with Gasteiger partial charge in [0.25, 0.3) is 5.91 Å². The van der Waals surface area contributed by atoms with E-state index in [-0.39, 0.29) is 12.5 Å². The number of carbonyl (C=O) groups excluding carboxylic acids is 1. The molecule has 3 aromatic rings. The zero-order valence-corrected chi connectivity index (χ0v) is 13.3. The molecule has 7 heteroatoms. The molecule has 1 aromatic carbocycles.